The first-order valence-corrected chi connectivity index (χ1v) is 10.1. The third-order valence-corrected chi connectivity index (χ3v) is 4.47. The average molecular weight is 425 g/mol. The van der Waals surface area contributed by atoms with Crippen molar-refractivity contribution >= 4 is 29.7 Å². The van der Waals surface area contributed by atoms with Crippen LogP contribution in [-0.2, 0) is 25.5 Å². The fourth-order valence-corrected chi connectivity index (χ4v) is 2.90. The highest BCUT2D eigenvalue weighted by molar-refractivity contribution is 5.94. The first-order chi connectivity index (χ1) is 15.0. The van der Waals surface area contributed by atoms with Crippen LogP contribution < -0.4 is 16.5 Å². The molecule has 0 fully saturated rings. The summed E-state index contributed by atoms with van der Waals surface area (Å²) < 4.78 is 5.07. The van der Waals surface area contributed by atoms with Crippen molar-refractivity contribution in [3.8, 4) is 0 Å². The number of nitrogens with two attached hydrogens (primary N) is 1. The van der Waals surface area contributed by atoms with Crippen molar-refractivity contribution in [2.45, 2.75) is 38.6 Å². The number of hydrogen-bond acceptors (Lipinski definition) is 6. The molecule has 4 N–H and O–H groups in total. The molecule has 2 aromatic carbocycles. The minimum atomic E-state index is -0.757. The Morgan fingerprint density at radius 1 is 1.03 bits per heavy atom. The number of nitrogens with zero attached hydrogens (tertiary/aromatic N) is 1. The van der Waals surface area contributed by atoms with Crippen molar-refractivity contribution < 1.29 is 19.1 Å². The molecule has 0 heterocycles. The first-order valence-electron chi connectivity index (χ1n) is 10.1. The number of hydrazone groups is 1. The lowest BCUT2D eigenvalue weighted by Gasteiger charge is -2.17. The fourth-order valence-electron chi connectivity index (χ4n) is 2.90. The van der Waals surface area contributed by atoms with Crippen LogP contribution in [0.4, 0.5) is 5.69 Å². The molecule has 0 saturated heterocycles. The molecule has 164 valence electrons. The molecule has 0 aliphatic rings. The minimum absolute atomic E-state index is 0.00786. The van der Waals surface area contributed by atoms with Crippen molar-refractivity contribution in [2.75, 3.05) is 11.9 Å². The van der Waals surface area contributed by atoms with Crippen LogP contribution in [0.1, 0.15) is 37.3 Å². The molecule has 0 bridgehead atoms. The predicted octanol–water partition coefficient (Wildman–Crippen LogP) is 2.38. The number of rotatable bonds is 11. The number of esters is 1. The molecule has 8 nitrogen and oxygen atoms in total. The topological polar surface area (TPSA) is 123 Å². The van der Waals surface area contributed by atoms with Gasteiger partial charge in [-0.05, 0) is 43.0 Å². The highest BCUT2D eigenvalue weighted by Crippen LogP contribution is 2.10. The second kappa shape index (κ2) is 12.8. The Labute approximate surface area is 181 Å². The summed E-state index contributed by atoms with van der Waals surface area (Å²) in [5, 5.41) is 8.85. The lowest BCUT2D eigenvalue weighted by molar-refractivity contribution is -0.147. The summed E-state index contributed by atoms with van der Waals surface area (Å²) in [5.74, 6) is 3.95. The van der Waals surface area contributed by atoms with Gasteiger partial charge in [-0.15, -0.1) is 0 Å². The summed E-state index contributed by atoms with van der Waals surface area (Å²) in [6, 6.07) is 15.9. The zero-order valence-corrected chi connectivity index (χ0v) is 17.5. The normalized spacial score (nSPS) is 11.6. The van der Waals surface area contributed by atoms with Gasteiger partial charge in [-0.25, -0.2) is 4.79 Å². The standard InChI is InChI=1S/C23H28N4O4/c1-2-31-23(30)20(13-10-17-6-4-3-5-7-17)27-22(29)15-14-21(28)26-19-11-8-18(9-12-19)16-25-24/h3-9,11-12,16,20H,2,10,13-15,24H2,1H3,(H,26,28)(H,27,29). The molecule has 0 radical (unpaired) electrons. The molecule has 0 aliphatic carbocycles. The third-order valence-electron chi connectivity index (χ3n) is 4.47. The van der Waals surface area contributed by atoms with Crippen molar-refractivity contribution in [1.82, 2.24) is 5.32 Å². The second-order valence-corrected chi connectivity index (χ2v) is 6.84. The van der Waals surface area contributed by atoms with Crippen LogP contribution in [0.5, 0.6) is 0 Å². The second-order valence-electron chi connectivity index (χ2n) is 6.84. The van der Waals surface area contributed by atoms with E-state index in [9.17, 15) is 14.4 Å². The van der Waals surface area contributed by atoms with Crippen LogP contribution in [0.3, 0.4) is 0 Å². The van der Waals surface area contributed by atoms with Gasteiger partial charge in [0.1, 0.15) is 6.04 Å². The molecular formula is C23H28N4O4. The van der Waals surface area contributed by atoms with E-state index < -0.39 is 12.0 Å². The van der Waals surface area contributed by atoms with E-state index >= 15 is 0 Å². The van der Waals surface area contributed by atoms with Gasteiger partial charge in [0.25, 0.3) is 0 Å². The summed E-state index contributed by atoms with van der Waals surface area (Å²) in [5.41, 5.74) is 2.47. The Hall–Kier alpha value is -3.68. The van der Waals surface area contributed by atoms with Crippen molar-refractivity contribution in [3.63, 3.8) is 0 Å². The van der Waals surface area contributed by atoms with E-state index in [4.69, 9.17) is 10.6 Å². The molecule has 8 heteroatoms. The molecule has 2 amide bonds. The van der Waals surface area contributed by atoms with Gasteiger partial charge in [0.2, 0.25) is 11.8 Å². The van der Waals surface area contributed by atoms with E-state index in [1.807, 2.05) is 30.3 Å². The van der Waals surface area contributed by atoms with Crippen molar-refractivity contribution in [2.24, 2.45) is 10.9 Å². The molecule has 2 aromatic rings. The summed E-state index contributed by atoms with van der Waals surface area (Å²) in [6.07, 6.45) is 2.49. The number of anilines is 1. The van der Waals surface area contributed by atoms with Crippen molar-refractivity contribution in [3.05, 3.63) is 65.7 Å². The number of benzene rings is 2. The van der Waals surface area contributed by atoms with E-state index in [0.29, 0.717) is 18.5 Å². The zero-order valence-electron chi connectivity index (χ0n) is 17.5. The lowest BCUT2D eigenvalue weighted by atomic mass is 10.0. The minimum Gasteiger partial charge on any atom is -0.464 e. The monoisotopic (exact) mass is 424 g/mol. The van der Waals surface area contributed by atoms with Crippen LogP contribution >= 0.6 is 0 Å². The zero-order chi connectivity index (χ0) is 22.5. The number of aryl methyl sites for hydroxylation is 1. The highest BCUT2D eigenvalue weighted by atomic mass is 16.5. The number of nitrogens with one attached hydrogen (secondary N) is 2. The molecule has 1 atom stereocenters. The van der Waals surface area contributed by atoms with E-state index in [0.717, 1.165) is 11.1 Å². The van der Waals surface area contributed by atoms with E-state index in [1.165, 1.54) is 6.21 Å². The first kappa shape index (κ1) is 23.6. The Morgan fingerprint density at radius 3 is 2.35 bits per heavy atom. The number of ether oxygens (including phenoxy) is 1. The molecular weight excluding hydrogens is 396 g/mol. The van der Waals surface area contributed by atoms with Gasteiger partial charge in [-0.3, -0.25) is 9.59 Å². The fraction of sp³-hybridized carbons (Fsp3) is 0.304. The number of hydrogen-bond donors (Lipinski definition) is 3. The van der Waals surface area contributed by atoms with Crippen LogP contribution in [0.25, 0.3) is 0 Å². The predicted molar refractivity (Wildman–Crippen MR) is 119 cm³/mol. The van der Waals surface area contributed by atoms with Gasteiger partial charge in [-0.1, -0.05) is 42.5 Å². The lowest BCUT2D eigenvalue weighted by Crippen LogP contribution is -2.42. The van der Waals surface area contributed by atoms with Crippen LogP contribution in [0.15, 0.2) is 59.7 Å². The molecule has 1 unspecified atom stereocenters. The number of amides is 2. The quantitative estimate of drug-likeness (QED) is 0.221. The molecule has 0 saturated carbocycles. The van der Waals surface area contributed by atoms with Gasteiger partial charge in [0.05, 0.1) is 12.8 Å². The van der Waals surface area contributed by atoms with Gasteiger partial charge in [-0.2, -0.15) is 5.10 Å². The van der Waals surface area contributed by atoms with Gasteiger partial charge >= 0.3 is 5.97 Å². The Morgan fingerprint density at radius 2 is 1.71 bits per heavy atom. The Kier molecular flexibility index (Phi) is 9.74. The number of carbonyl (C=O) groups excluding carboxylic acids is 3. The summed E-state index contributed by atoms with van der Waals surface area (Å²) in [7, 11) is 0. The van der Waals surface area contributed by atoms with Crippen LogP contribution in [-0.4, -0.2) is 36.6 Å². The maximum Gasteiger partial charge on any atom is 0.328 e. The largest absolute Gasteiger partial charge is 0.464 e. The molecule has 2 rings (SSSR count). The Bertz CT molecular complexity index is 882. The summed E-state index contributed by atoms with van der Waals surface area (Å²) in [4.78, 5) is 36.7. The van der Waals surface area contributed by atoms with E-state index in [1.54, 1.807) is 31.2 Å². The highest BCUT2D eigenvalue weighted by Gasteiger charge is 2.22. The summed E-state index contributed by atoms with van der Waals surface area (Å²) >= 11 is 0. The molecule has 0 spiro atoms. The van der Waals surface area contributed by atoms with E-state index in [2.05, 4.69) is 15.7 Å². The van der Waals surface area contributed by atoms with Crippen LogP contribution in [0, 0.1) is 0 Å². The van der Waals surface area contributed by atoms with Gasteiger partial charge in [0.15, 0.2) is 0 Å². The maximum absolute atomic E-state index is 12.3. The van der Waals surface area contributed by atoms with Crippen molar-refractivity contribution in [1.29, 1.82) is 0 Å². The molecule has 0 aliphatic heterocycles. The van der Waals surface area contributed by atoms with Gasteiger partial charge < -0.3 is 21.2 Å². The van der Waals surface area contributed by atoms with Gasteiger partial charge in [0, 0.05) is 18.5 Å². The average Bonchev–Trinajstić information content (AvgIpc) is 2.77. The smallest absolute Gasteiger partial charge is 0.328 e. The SMILES string of the molecule is CCOC(=O)C(CCc1ccccc1)NC(=O)CCC(=O)Nc1ccc(C=NN)cc1. The third kappa shape index (κ3) is 8.69. The summed E-state index contributed by atoms with van der Waals surface area (Å²) in [6.45, 7) is 1.95. The van der Waals surface area contributed by atoms with Crippen LogP contribution in [0.2, 0.25) is 0 Å². The maximum atomic E-state index is 12.3. The molecule has 0 aromatic heterocycles. The Balaban J connectivity index is 1.83. The number of carbonyl (C=O) groups is 3. The molecule has 31 heavy (non-hydrogen) atoms. The van der Waals surface area contributed by atoms with E-state index in [-0.39, 0.29) is 31.3 Å².